The Labute approximate surface area is 147 Å². The van der Waals surface area contributed by atoms with E-state index in [9.17, 15) is 4.79 Å². The Bertz CT molecular complexity index is 416. The minimum atomic E-state index is -0.487. The third-order valence-corrected chi connectivity index (χ3v) is 4.05. The lowest BCUT2D eigenvalue weighted by molar-refractivity contribution is -0.152. The van der Waals surface area contributed by atoms with Crippen molar-refractivity contribution in [2.75, 3.05) is 6.61 Å². The van der Waals surface area contributed by atoms with Gasteiger partial charge in [0.2, 0.25) is 0 Å². The maximum Gasteiger partial charge on any atom is 0.347 e. The highest BCUT2D eigenvalue weighted by Gasteiger charge is 2.21. The van der Waals surface area contributed by atoms with Crippen LogP contribution >= 0.6 is 0 Å². The van der Waals surface area contributed by atoms with E-state index in [0.717, 1.165) is 31.4 Å². The van der Waals surface area contributed by atoms with Crippen LogP contribution in [0.5, 0.6) is 5.75 Å². The highest BCUT2D eigenvalue weighted by atomic mass is 16.6. The fourth-order valence-electron chi connectivity index (χ4n) is 2.65. The highest BCUT2D eigenvalue weighted by molar-refractivity contribution is 5.75. The van der Waals surface area contributed by atoms with E-state index in [2.05, 4.69) is 6.92 Å². The average molecular weight is 335 g/mol. The summed E-state index contributed by atoms with van der Waals surface area (Å²) < 4.78 is 11.1. The van der Waals surface area contributed by atoms with E-state index in [1.807, 2.05) is 37.3 Å². The first kappa shape index (κ1) is 20.5. The van der Waals surface area contributed by atoms with Gasteiger partial charge in [-0.3, -0.25) is 0 Å². The summed E-state index contributed by atoms with van der Waals surface area (Å²) >= 11 is 0. The molecular weight excluding hydrogens is 300 g/mol. The topological polar surface area (TPSA) is 35.5 Å². The number of para-hydroxylation sites is 1. The largest absolute Gasteiger partial charge is 0.479 e. The number of rotatable bonds is 14. The average Bonchev–Trinajstić information content (AvgIpc) is 2.61. The zero-order chi connectivity index (χ0) is 17.5. The number of ether oxygens (including phenoxy) is 2. The van der Waals surface area contributed by atoms with Gasteiger partial charge in [0.25, 0.3) is 0 Å². The van der Waals surface area contributed by atoms with Gasteiger partial charge in [-0.1, -0.05) is 77.0 Å². The molecule has 0 heterocycles. The summed E-state index contributed by atoms with van der Waals surface area (Å²) in [7, 11) is 0. The molecule has 0 aromatic heterocycles. The van der Waals surface area contributed by atoms with Crippen molar-refractivity contribution in [1.82, 2.24) is 0 Å². The number of carbonyl (C=O) groups is 1. The van der Waals surface area contributed by atoms with Crippen molar-refractivity contribution < 1.29 is 14.3 Å². The molecule has 3 nitrogen and oxygen atoms in total. The second kappa shape index (κ2) is 13.9. The SMILES string of the molecule is CCCCCCCCCCC(Oc1ccccc1)C(=O)OCCC. The van der Waals surface area contributed by atoms with E-state index in [4.69, 9.17) is 9.47 Å². The number of esters is 1. The summed E-state index contributed by atoms with van der Waals surface area (Å²) in [5.74, 6) is 0.499. The monoisotopic (exact) mass is 334 g/mol. The van der Waals surface area contributed by atoms with Gasteiger partial charge >= 0.3 is 5.97 Å². The summed E-state index contributed by atoms with van der Waals surface area (Å²) in [5.41, 5.74) is 0. The Hall–Kier alpha value is -1.51. The van der Waals surface area contributed by atoms with Gasteiger partial charge in [0.15, 0.2) is 6.10 Å². The Balaban J connectivity index is 2.32. The second-order valence-corrected chi connectivity index (χ2v) is 6.35. The van der Waals surface area contributed by atoms with E-state index < -0.39 is 6.10 Å². The molecule has 0 amide bonds. The lowest BCUT2D eigenvalue weighted by atomic mass is 10.1. The van der Waals surface area contributed by atoms with Crippen molar-refractivity contribution >= 4 is 5.97 Å². The van der Waals surface area contributed by atoms with Crippen molar-refractivity contribution in [2.24, 2.45) is 0 Å². The maximum absolute atomic E-state index is 12.2. The van der Waals surface area contributed by atoms with Gasteiger partial charge in [-0.2, -0.15) is 0 Å². The molecule has 1 atom stereocenters. The Morgan fingerprint density at radius 1 is 0.875 bits per heavy atom. The third kappa shape index (κ3) is 9.59. The summed E-state index contributed by atoms with van der Waals surface area (Å²) in [6.07, 6.45) is 11.1. The van der Waals surface area contributed by atoms with Gasteiger partial charge in [-0.25, -0.2) is 4.79 Å². The molecule has 0 aliphatic rings. The minimum Gasteiger partial charge on any atom is -0.479 e. The van der Waals surface area contributed by atoms with E-state index in [1.54, 1.807) is 0 Å². The van der Waals surface area contributed by atoms with Gasteiger partial charge in [-0.05, 0) is 31.4 Å². The quantitative estimate of drug-likeness (QED) is 0.313. The van der Waals surface area contributed by atoms with E-state index in [-0.39, 0.29) is 5.97 Å². The summed E-state index contributed by atoms with van der Waals surface area (Å²) in [4.78, 5) is 12.2. The van der Waals surface area contributed by atoms with Crippen LogP contribution in [0.25, 0.3) is 0 Å². The predicted molar refractivity (Wildman–Crippen MR) is 99.3 cm³/mol. The number of benzene rings is 1. The van der Waals surface area contributed by atoms with Gasteiger partial charge < -0.3 is 9.47 Å². The number of carbonyl (C=O) groups excluding carboxylic acids is 1. The Morgan fingerprint density at radius 3 is 2.12 bits per heavy atom. The van der Waals surface area contributed by atoms with Crippen molar-refractivity contribution in [3.8, 4) is 5.75 Å². The lowest BCUT2D eigenvalue weighted by Gasteiger charge is -2.18. The van der Waals surface area contributed by atoms with Gasteiger partial charge in [0.05, 0.1) is 6.61 Å². The van der Waals surface area contributed by atoms with Crippen LogP contribution in [0, 0.1) is 0 Å². The first-order chi connectivity index (χ1) is 11.8. The van der Waals surface area contributed by atoms with Crippen LogP contribution in [0.15, 0.2) is 30.3 Å². The summed E-state index contributed by atoms with van der Waals surface area (Å²) in [5, 5.41) is 0. The summed E-state index contributed by atoms with van der Waals surface area (Å²) in [6, 6.07) is 9.54. The lowest BCUT2D eigenvalue weighted by Crippen LogP contribution is -2.29. The maximum atomic E-state index is 12.2. The molecule has 0 saturated carbocycles. The Morgan fingerprint density at radius 2 is 1.50 bits per heavy atom. The normalized spacial score (nSPS) is 11.9. The molecule has 3 heteroatoms. The van der Waals surface area contributed by atoms with Crippen molar-refractivity contribution in [3.63, 3.8) is 0 Å². The minimum absolute atomic E-state index is 0.233. The molecule has 0 bridgehead atoms. The van der Waals surface area contributed by atoms with Crippen LogP contribution in [0.1, 0.15) is 78.1 Å². The highest BCUT2D eigenvalue weighted by Crippen LogP contribution is 2.17. The molecule has 0 aliphatic heterocycles. The molecule has 0 aliphatic carbocycles. The van der Waals surface area contributed by atoms with Crippen molar-refractivity contribution in [2.45, 2.75) is 84.2 Å². The van der Waals surface area contributed by atoms with Crippen LogP contribution in [-0.2, 0) is 9.53 Å². The van der Waals surface area contributed by atoms with Crippen LogP contribution in [0.3, 0.4) is 0 Å². The van der Waals surface area contributed by atoms with Crippen LogP contribution < -0.4 is 4.74 Å². The van der Waals surface area contributed by atoms with Crippen LogP contribution in [0.2, 0.25) is 0 Å². The zero-order valence-electron chi connectivity index (χ0n) is 15.5. The molecule has 1 unspecified atom stereocenters. The Kier molecular flexibility index (Phi) is 11.9. The van der Waals surface area contributed by atoms with E-state index in [0.29, 0.717) is 6.61 Å². The molecular formula is C21H34O3. The predicted octanol–water partition coefficient (Wildman–Crippen LogP) is 5.92. The number of hydrogen-bond donors (Lipinski definition) is 0. The standard InChI is InChI=1S/C21H34O3/c1-3-5-6-7-8-9-10-14-17-20(21(22)23-18-4-2)24-19-15-12-11-13-16-19/h11-13,15-16,20H,3-10,14,17-18H2,1-2H3. The van der Waals surface area contributed by atoms with E-state index in [1.165, 1.54) is 38.5 Å². The van der Waals surface area contributed by atoms with E-state index >= 15 is 0 Å². The molecule has 0 spiro atoms. The van der Waals surface area contributed by atoms with Gasteiger partial charge in [0.1, 0.15) is 5.75 Å². The fourth-order valence-corrected chi connectivity index (χ4v) is 2.65. The number of unbranched alkanes of at least 4 members (excludes halogenated alkanes) is 7. The molecule has 0 N–H and O–H groups in total. The zero-order valence-corrected chi connectivity index (χ0v) is 15.5. The van der Waals surface area contributed by atoms with Crippen LogP contribution in [0.4, 0.5) is 0 Å². The molecule has 136 valence electrons. The first-order valence-electron chi connectivity index (χ1n) is 9.66. The number of hydrogen-bond acceptors (Lipinski definition) is 3. The third-order valence-electron chi connectivity index (χ3n) is 4.05. The van der Waals surface area contributed by atoms with Gasteiger partial charge in [0, 0.05) is 0 Å². The molecule has 24 heavy (non-hydrogen) atoms. The van der Waals surface area contributed by atoms with Crippen LogP contribution in [-0.4, -0.2) is 18.7 Å². The molecule has 1 aromatic rings. The first-order valence-corrected chi connectivity index (χ1v) is 9.66. The van der Waals surface area contributed by atoms with Crippen molar-refractivity contribution in [1.29, 1.82) is 0 Å². The molecule has 1 aromatic carbocycles. The second-order valence-electron chi connectivity index (χ2n) is 6.35. The molecule has 0 fully saturated rings. The molecule has 1 rings (SSSR count). The van der Waals surface area contributed by atoms with Gasteiger partial charge in [-0.15, -0.1) is 0 Å². The smallest absolute Gasteiger partial charge is 0.347 e. The van der Waals surface area contributed by atoms with Crippen molar-refractivity contribution in [3.05, 3.63) is 30.3 Å². The fraction of sp³-hybridized carbons (Fsp3) is 0.667. The summed E-state index contributed by atoms with van der Waals surface area (Å²) in [6.45, 7) is 4.70. The molecule has 0 saturated heterocycles. The molecule has 0 radical (unpaired) electrons.